The molecule has 0 aliphatic heterocycles. The van der Waals surface area contributed by atoms with E-state index in [9.17, 15) is 0 Å². The van der Waals surface area contributed by atoms with Crippen LogP contribution in [0.25, 0.3) is 80.7 Å². The average Bonchev–Trinajstić information content (AvgIpc) is 3.85. The van der Waals surface area contributed by atoms with Crippen molar-refractivity contribution in [3.8, 4) is 39.0 Å². The van der Waals surface area contributed by atoms with E-state index >= 15 is 0 Å². The predicted octanol–water partition coefficient (Wildman–Crippen LogP) is 9.65. The monoisotopic (exact) mass is 679 g/mol. The first kappa shape index (κ1) is 26.6. The molecule has 11 heteroatoms. The molecule has 0 aliphatic carbocycles. The highest BCUT2D eigenvalue weighted by atomic mass is 32.1. The molecule has 3 aromatic carbocycles. The van der Waals surface area contributed by atoms with Gasteiger partial charge in [-0.15, -0.1) is 68.0 Å². The predicted molar refractivity (Wildman–Crippen MR) is 196 cm³/mol. The van der Waals surface area contributed by atoms with Crippen molar-refractivity contribution in [2.75, 3.05) is 5.73 Å². The van der Waals surface area contributed by atoms with Crippen molar-refractivity contribution in [3.63, 3.8) is 0 Å². The normalized spacial score (nSPS) is 13.2. The largest absolute Gasteiger partial charge is 0.391 e. The second-order valence-electron chi connectivity index (χ2n) is 10.5. The number of hydrogen-bond acceptors (Lipinski definition) is 11. The molecule has 0 unspecified atom stereocenters. The summed E-state index contributed by atoms with van der Waals surface area (Å²) in [5.41, 5.74) is 5.98. The van der Waals surface area contributed by atoms with E-state index in [1.807, 2.05) is 28.7 Å². The van der Waals surface area contributed by atoms with Gasteiger partial charge in [0.2, 0.25) is 0 Å². The molecule has 44 heavy (non-hydrogen) atoms. The van der Waals surface area contributed by atoms with Crippen LogP contribution in [0.5, 0.6) is 0 Å². The van der Waals surface area contributed by atoms with Crippen LogP contribution in [-0.2, 0) is 0 Å². The second kappa shape index (κ2) is 9.83. The van der Waals surface area contributed by atoms with Crippen LogP contribution in [0.1, 0.15) is 4.88 Å². The lowest BCUT2D eigenvalue weighted by atomic mass is 10.1. The highest BCUT2D eigenvalue weighted by molar-refractivity contribution is 7.30. The number of thiophene rings is 6. The minimum absolute atomic E-state index is 0.828. The smallest absolute Gasteiger partial charge is 0.0993 e. The summed E-state index contributed by atoms with van der Waals surface area (Å²) in [6.45, 7) is 2.15. The Balaban J connectivity index is 1.19. The van der Waals surface area contributed by atoms with E-state index in [-0.39, 0.29) is 0 Å². The highest BCUT2D eigenvalue weighted by Gasteiger charge is 2.20. The summed E-state index contributed by atoms with van der Waals surface area (Å²) in [4.78, 5) is 11.2. The Hall–Kier alpha value is -3.84. The Morgan fingerprint density at radius 3 is 1.30 bits per heavy atom. The van der Waals surface area contributed by atoms with E-state index in [4.69, 9.17) is 17.4 Å². The number of anilines is 1. The minimum atomic E-state index is 0.828. The average molecular weight is 680 g/mol. The number of fused-ring (bicyclic) bond motifs is 6. The fraction of sp³-hybridized carbons (Fsp3) is 0.0303. The van der Waals surface area contributed by atoms with Crippen LogP contribution in [-0.4, -0.2) is 0 Å². The van der Waals surface area contributed by atoms with Gasteiger partial charge in [0.15, 0.2) is 0 Å². The van der Waals surface area contributed by atoms with Gasteiger partial charge in [0, 0.05) is 85.6 Å². The van der Waals surface area contributed by atoms with E-state index in [0.717, 1.165) is 48.0 Å². The highest BCUT2D eigenvalue weighted by Crippen LogP contribution is 2.46. The summed E-state index contributed by atoms with van der Waals surface area (Å²) in [5, 5.41) is 17.7. The van der Waals surface area contributed by atoms with Crippen molar-refractivity contribution in [1.82, 2.24) is 0 Å². The van der Waals surface area contributed by atoms with Gasteiger partial charge in [-0.25, -0.2) is 0 Å². The van der Waals surface area contributed by atoms with Crippen LogP contribution in [0.3, 0.4) is 0 Å². The van der Waals surface area contributed by atoms with Crippen molar-refractivity contribution in [1.29, 1.82) is 0 Å². The first-order chi connectivity index (χ1) is 21.5. The molecule has 9 aromatic rings. The molecular formula is C33H21N5S6. The van der Waals surface area contributed by atoms with E-state index in [0.29, 0.717) is 0 Å². The van der Waals surface area contributed by atoms with E-state index in [1.165, 1.54) is 53.3 Å². The van der Waals surface area contributed by atoms with E-state index in [2.05, 4.69) is 83.9 Å². The van der Waals surface area contributed by atoms with Gasteiger partial charge in [0.1, 0.15) is 0 Å². The Labute approximate surface area is 274 Å². The third-order valence-electron chi connectivity index (χ3n) is 7.94. The molecule has 0 saturated carbocycles. The number of aryl methyl sites for hydroxylation is 1. The summed E-state index contributed by atoms with van der Waals surface area (Å²) >= 11 is 10.6. The molecule has 6 aromatic heterocycles. The molecule has 0 atom stereocenters. The third kappa shape index (κ3) is 3.91. The van der Waals surface area contributed by atoms with Crippen LogP contribution < -0.4 is 28.1 Å². The van der Waals surface area contributed by atoms with E-state index in [1.54, 1.807) is 45.3 Å². The summed E-state index contributed by atoms with van der Waals surface area (Å²) in [6.07, 6.45) is 0. The van der Waals surface area contributed by atoms with Gasteiger partial charge in [0.05, 0.1) is 15.7 Å². The number of rotatable bonds is 4. The molecule has 0 amide bonds. The van der Waals surface area contributed by atoms with Crippen molar-refractivity contribution in [3.05, 3.63) is 88.4 Å². The molecule has 0 saturated heterocycles. The lowest BCUT2D eigenvalue weighted by Crippen LogP contribution is -2.04. The number of benzene rings is 1. The molecule has 9 rings (SSSR count). The first-order valence-corrected chi connectivity index (χ1v) is 18.6. The van der Waals surface area contributed by atoms with Gasteiger partial charge in [-0.3, -0.25) is 0 Å². The standard InChI is InChI=1S/C33H21N5S6/c1-14-2-3-21(39-14)22-4-6-25(40-22)27-12-19-30(37-35)15-11-18-16(10-17(15)32(19)43-27)31(38-36)20-13-28(44-33(18)20)26-7-5-23(41-26)24-8-9-29(34)42-24/h2-13H,34-36H2,1H3/b37-30-,38-31-. The van der Waals surface area contributed by atoms with E-state index < -0.39 is 0 Å². The van der Waals surface area contributed by atoms with Crippen molar-refractivity contribution < 1.29 is 0 Å². The van der Waals surface area contributed by atoms with Crippen LogP contribution in [0.4, 0.5) is 5.00 Å². The lowest BCUT2D eigenvalue weighted by molar-refractivity contribution is 1.17. The number of hydrogen-bond donors (Lipinski definition) is 3. The second-order valence-corrected chi connectivity index (χ2v) is 17.2. The number of nitrogens with zero attached hydrogens (tertiary/aromatic N) is 2. The zero-order valence-corrected chi connectivity index (χ0v) is 27.9. The molecule has 0 radical (unpaired) electrons. The molecule has 0 fully saturated rings. The SMILES string of the molecule is Cc1ccc(-c2ccc(-c3cc4/c(=N\N)c5cc6c(cc5c4s3)/c(=N/N)c3cc(-c4ccc(-c5ccc(N)s5)s4)sc36)s2)s1. The molecule has 0 aliphatic rings. The molecule has 6 heterocycles. The van der Waals surface area contributed by atoms with Gasteiger partial charge in [-0.05, 0) is 79.7 Å². The molecule has 6 N–H and O–H groups in total. The van der Waals surface area contributed by atoms with Gasteiger partial charge in [0.25, 0.3) is 0 Å². The summed E-state index contributed by atoms with van der Waals surface area (Å²) in [6, 6.07) is 26.2. The summed E-state index contributed by atoms with van der Waals surface area (Å²) in [5.74, 6) is 12.1. The van der Waals surface area contributed by atoms with Crippen molar-refractivity contribution in [2.45, 2.75) is 6.92 Å². The van der Waals surface area contributed by atoms with Crippen molar-refractivity contribution >= 4 is 115 Å². The van der Waals surface area contributed by atoms with Crippen LogP contribution >= 0.6 is 68.0 Å². The Kier molecular flexibility index (Phi) is 5.93. The molecular weight excluding hydrogens is 659 g/mol. The molecule has 214 valence electrons. The summed E-state index contributed by atoms with van der Waals surface area (Å²) in [7, 11) is 0. The van der Waals surface area contributed by atoms with Gasteiger partial charge in [-0.1, -0.05) is 0 Å². The maximum absolute atomic E-state index is 6.07. The fourth-order valence-electron chi connectivity index (χ4n) is 5.97. The number of nitrogens with two attached hydrogens (primary N) is 3. The quantitative estimate of drug-likeness (QED) is 0.127. The van der Waals surface area contributed by atoms with Crippen LogP contribution in [0.15, 0.2) is 83.0 Å². The Bertz CT molecular complexity index is 2490. The Morgan fingerprint density at radius 1 is 0.432 bits per heavy atom. The zero-order chi connectivity index (χ0) is 29.7. The lowest BCUT2D eigenvalue weighted by Gasteiger charge is -1.96. The zero-order valence-electron chi connectivity index (χ0n) is 23.0. The van der Waals surface area contributed by atoms with Crippen LogP contribution in [0.2, 0.25) is 0 Å². The van der Waals surface area contributed by atoms with Crippen LogP contribution in [0, 0.1) is 6.92 Å². The van der Waals surface area contributed by atoms with Gasteiger partial charge < -0.3 is 17.4 Å². The van der Waals surface area contributed by atoms with Crippen molar-refractivity contribution in [2.24, 2.45) is 21.9 Å². The first-order valence-electron chi connectivity index (χ1n) is 13.7. The number of nitrogen functional groups attached to an aromatic ring is 1. The third-order valence-corrected chi connectivity index (χ3v) is 15.1. The maximum Gasteiger partial charge on any atom is 0.0993 e. The molecule has 0 bridgehead atoms. The fourth-order valence-corrected chi connectivity index (χ4v) is 12.3. The van der Waals surface area contributed by atoms with Gasteiger partial charge >= 0.3 is 0 Å². The van der Waals surface area contributed by atoms with Gasteiger partial charge in [-0.2, -0.15) is 10.2 Å². The molecule has 5 nitrogen and oxygen atoms in total. The minimum Gasteiger partial charge on any atom is -0.391 e. The topological polar surface area (TPSA) is 103 Å². The summed E-state index contributed by atoms with van der Waals surface area (Å²) < 4.78 is 2.37. The Morgan fingerprint density at radius 2 is 0.864 bits per heavy atom. The maximum atomic E-state index is 6.07. The molecule has 0 spiro atoms.